The summed E-state index contributed by atoms with van der Waals surface area (Å²) < 4.78 is 0. The van der Waals surface area contributed by atoms with E-state index < -0.39 is 5.41 Å². The van der Waals surface area contributed by atoms with Gasteiger partial charge in [-0.1, -0.05) is 32.6 Å². The average molecular weight is 193 g/mol. The minimum Gasteiger partial charge on any atom is -0.298 e. The number of carbonyl (C=O) groups is 1. The highest BCUT2D eigenvalue weighted by Crippen LogP contribution is 2.37. The van der Waals surface area contributed by atoms with Crippen LogP contribution in [0.1, 0.15) is 58.3 Å². The van der Waals surface area contributed by atoms with Crippen molar-refractivity contribution in [2.24, 2.45) is 5.41 Å². The zero-order valence-corrected chi connectivity index (χ0v) is 9.01. The number of unbranched alkanes of at least 4 members (excludes halogenated alkanes) is 2. The van der Waals surface area contributed by atoms with Crippen LogP contribution in [0.15, 0.2) is 0 Å². The second-order valence-electron chi connectivity index (χ2n) is 4.28. The van der Waals surface area contributed by atoms with Gasteiger partial charge in [-0.2, -0.15) is 5.26 Å². The van der Waals surface area contributed by atoms with Gasteiger partial charge in [-0.25, -0.2) is 0 Å². The molecule has 0 N–H and O–H groups in total. The fraction of sp³-hybridized carbons (Fsp3) is 0.833. The van der Waals surface area contributed by atoms with Crippen LogP contribution < -0.4 is 0 Å². The zero-order chi connectivity index (χ0) is 10.4. The number of hydrogen-bond acceptors (Lipinski definition) is 2. The van der Waals surface area contributed by atoms with Gasteiger partial charge in [0.2, 0.25) is 0 Å². The van der Waals surface area contributed by atoms with Crippen LogP contribution in [0.3, 0.4) is 0 Å². The van der Waals surface area contributed by atoms with Crippen LogP contribution in [0.4, 0.5) is 0 Å². The van der Waals surface area contributed by atoms with Gasteiger partial charge in [-0.15, -0.1) is 0 Å². The average Bonchev–Trinajstić information content (AvgIpc) is 2.21. The predicted octanol–water partition coefficient (Wildman–Crippen LogP) is 3.22. The molecule has 1 atom stereocenters. The van der Waals surface area contributed by atoms with Crippen LogP contribution in [0, 0.1) is 16.7 Å². The van der Waals surface area contributed by atoms with Gasteiger partial charge in [0.15, 0.2) is 5.78 Å². The normalized spacial score (nSPS) is 27.3. The number of carbonyl (C=O) groups excluding carboxylic acids is 1. The molecule has 0 aromatic heterocycles. The summed E-state index contributed by atoms with van der Waals surface area (Å²) in [6, 6.07) is 2.28. The first kappa shape index (κ1) is 11.2. The van der Waals surface area contributed by atoms with Crippen molar-refractivity contribution in [3.8, 4) is 6.07 Å². The van der Waals surface area contributed by atoms with E-state index in [1.54, 1.807) is 0 Å². The Morgan fingerprint density at radius 2 is 2.21 bits per heavy atom. The van der Waals surface area contributed by atoms with Gasteiger partial charge in [0.05, 0.1) is 6.07 Å². The third kappa shape index (κ3) is 2.35. The minimum atomic E-state index is -0.604. The Hall–Kier alpha value is -0.840. The molecular formula is C12H19NO. The first-order chi connectivity index (χ1) is 6.75. The lowest BCUT2D eigenvalue weighted by Gasteiger charge is -2.28. The molecule has 78 valence electrons. The Bertz CT molecular complexity index is 241. The third-order valence-corrected chi connectivity index (χ3v) is 3.21. The molecule has 2 heteroatoms. The van der Waals surface area contributed by atoms with Crippen LogP contribution in [-0.4, -0.2) is 5.78 Å². The number of nitriles is 1. The Morgan fingerprint density at radius 1 is 1.43 bits per heavy atom. The standard InChI is InChI=1S/C12H19NO/c1-2-3-5-8-12(10-13)9-6-4-7-11(12)14/h2-9H2,1H3. The molecule has 0 bridgehead atoms. The maximum atomic E-state index is 11.7. The lowest BCUT2D eigenvalue weighted by molar-refractivity contribution is -0.128. The minimum absolute atomic E-state index is 0.197. The molecular weight excluding hydrogens is 174 g/mol. The molecule has 1 unspecified atom stereocenters. The fourth-order valence-corrected chi connectivity index (χ4v) is 2.21. The molecule has 0 aliphatic heterocycles. The van der Waals surface area contributed by atoms with Crippen molar-refractivity contribution in [1.82, 2.24) is 0 Å². The summed E-state index contributed by atoms with van der Waals surface area (Å²) in [4.78, 5) is 11.7. The van der Waals surface area contributed by atoms with Gasteiger partial charge in [0.25, 0.3) is 0 Å². The Morgan fingerprint density at radius 3 is 2.79 bits per heavy atom. The highest BCUT2D eigenvalue weighted by molar-refractivity contribution is 5.88. The maximum absolute atomic E-state index is 11.7. The van der Waals surface area contributed by atoms with E-state index in [1.807, 2.05) is 0 Å². The summed E-state index contributed by atoms with van der Waals surface area (Å²) in [6.45, 7) is 2.14. The van der Waals surface area contributed by atoms with Crippen LogP contribution in [-0.2, 0) is 4.79 Å². The van der Waals surface area contributed by atoms with Gasteiger partial charge in [-0.3, -0.25) is 4.79 Å². The molecule has 1 rings (SSSR count). The fourth-order valence-electron chi connectivity index (χ4n) is 2.21. The second kappa shape index (κ2) is 5.14. The Balaban J connectivity index is 2.55. The van der Waals surface area contributed by atoms with Crippen molar-refractivity contribution in [2.75, 3.05) is 0 Å². The van der Waals surface area contributed by atoms with Crippen molar-refractivity contribution in [2.45, 2.75) is 58.3 Å². The predicted molar refractivity (Wildman–Crippen MR) is 55.7 cm³/mol. The molecule has 2 nitrogen and oxygen atoms in total. The van der Waals surface area contributed by atoms with Crippen LogP contribution >= 0.6 is 0 Å². The molecule has 0 radical (unpaired) electrons. The van der Waals surface area contributed by atoms with Gasteiger partial charge >= 0.3 is 0 Å². The number of ketones is 1. The smallest absolute Gasteiger partial charge is 0.153 e. The lowest BCUT2D eigenvalue weighted by atomic mass is 9.71. The van der Waals surface area contributed by atoms with Gasteiger partial charge in [0, 0.05) is 6.42 Å². The van der Waals surface area contributed by atoms with Gasteiger partial charge in [0.1, 0.15) is 5.41 Å². The summed E-state index contributed by atoms with van der Waals surface area (Å²) >= 11 is 0. The van der Waals surface area contributed by atoms with Crippen LogP contribution in [0.25, 0.3) is 0 Å². The summed E-state index contributed by atoms with van der Waals surface area (Å²) in [7, 11) is 0. The molecule has 0 aromatic rings. The van der Waals surface area contributed by atoms with Crippen LogP contribution in [0.5, 0.6) is 0 Å². The quantitative estimate of drug-likeness (QED) is 0.643. The SMILES string of the molecule is CCCCCC1(C#N)CCCCC1=O. The summed E-state index contributed by atoms with van der Waals surface area (Å²) in [6.07, 6.45) is 7.55. The van der Waals surface area contributed by atoms with E-state index >= 15 is 0 Å². The van der Waals surface area contributed by atoms with E-state index in [0.717, 1.165) is 44.9 Å². The van der Waals surface area contributed by atoms with E-state index in [1.165, 1.54) is 0 Å². The molecule has 0 saturated heterocycles. The largest absolute Gasteiger partial charge is 0.298 e. The summed E-state index contributed by atoms with van der Waals surface area (Å²) in [5.41, 5.74) is -0.604. The highest BCUT2D eigenvalue weighted by Gasteiger charge is 2.39. The molecule has 1 aliphatic rings. The van der Waals surface area contributed by atoms with Gasteiger partial charge < -0.3 is 0 Å². The molecule has 14 heavy (non-hydrogen) atoms. The zero-order valence-electron chi connectivity index (χ0n) is 9.01. The van der Waals surface area contributed by atoms with Crippen molar-refractivity contribution in [1.29, 1.82) is 5.26 Å². The summed E-state index contributed by atoms with van der Waals surface area (Å²) in [5, 5.41) is 9.14. The van der Waals surface area contributed by atoms with Gasteiger partial charge in [-0.05, 0) is 19.3 Å². The monoisotopic (exact) mass is 193 g/mol. The molecule has 1 fully saturated rings. The van der Waals surface area contributed by atoms with E-state index in [-0.39, 0.29) is 5.78 Å². The van der Waals surface area contributed by atoms with Crippen molar-refractivity contribution >= 4 is 5.78 Å². The molecule has 0 aromatic carbocycles. The maximum Gasteiger partial charge on any atom is 0.153 e. The number of rotatable bonds is 4. The van der Waals surface area contributed by atoms with E-state index in [0.29, 0.717) is 6.42 Å². The van der Waals surface area contributed by atoms with Crippen molar-refractivity contribution in [3.05, 3.63) is 0 Å². The molecule has 0 spiro atoms. The van der Waals surface area contributed by atoms with E-state index in [4.69, 9.17) is 5.26 Å². The Kier molecular flexibility index (Phi) is 4.13. The topological polar surface area (TPSA) is 40.9 Å². The molecule has 1 aliphatic carbocycles. The molecule has 0 amide bonds. The van der Waals surface area contributed by atoms with Crippen molar-refractivity contribution < 1.29 is 4.79 Å². The number of nitrogens with zero attached hydrogens (tertiary/aromatic N) is 1. The molecule has 0 heterocycles. The van der Waals surface area contributed by atoms with Crippen LogP contribution in [0.2, 0.25) is 0 Å². The third-order valence-electron chi connectivity index (χ3n) is 3.21. The highest BCUT2D eigenvalue weighted by atomic mass is 16.1. The lowest BCUT2D eigenvalue weighted by Crippen LogP contribution is -2.32. The Labute approximate surface area is 86.3 Å². The first-order valence-corrected chi connectivity index (χ1v) is 5.70. The van der Waals surface area contributed by atoms with Crippen molar-refractivity contribution in [3.63, 3.8) is 0 Å². The first-order valence-electron chi connectivity index (χ1n) is 5.70. The number of Topliss-reactive ketones (excluding diaryl/α,β-unsaturated/α-hetero) is 1. The second-order valence-corrected chi connectivity index (χ2v) is 4.28. The van der Waals surface area contributed by atoms with E-state index in [9.17, 15) is 4.79 Å². The number of hydrogen-bond donors (Lipinski definition) is 0. The van der Waals surface area contributed by atoms with E-state index in [2.05, 4.69) is 13.0 Å². The molecule has 1 saturated carbocycles. The summed E-state index contributed by atoms with van der Waals surface area (Å²) in [5.74, 6) is 0.197.